The molecule has 0 aromatic heterocycles. The van der Waals surface area contributed by atoms with E-state index < -0.39 is 0 Å². The van der Waals surface area contributed by atoms with Crippen LogP contribution in [0.4, 0.5) is 5.69 Å². The van der Waals surface area contributed by atoms with E-state index in [1.807, 2.05) is 12.1 Å². The number of hydrogen-bond acceptors (Lipinski definition) is 8. The highest BCUT2D eigenvalue weighted by Gasteiger charge is 2.12. The molecule has 0 saturated carbocycles. The number of allylic oxidation sites excluding steroid dienone is 1. The van der Waals surface area contributed by atoms with Crippen molar-refractivity contribution in [3.8, 4) is 12.0 Å². The second kappa shape index (κ2) is 24.3. The third-order valence-corrected chi connectivity index (χ3v) is 7.43. The van der Waals surface area contributed by atoms with E-state index in [1.165, 1.54) is 25.3 Å². The molecule has 8 nitrogen and oxygen atoms in total. The van der Waals surface area contributed by atoms with Gasteiger partial charge in [-0.25, -0.2) is 4.79 Å². The molecule has 0 aliphatic rings. The number of carbonyl (C=O) groups is 2. The number of benzene rings is 2. The first-order valence-corrected chi connectivity index (χ1v) is 16.3. The minimum Gasteiger partial charge on any atom is -0.465 e. The van der Waals surface area contributed by atoms with Gasteiger partial charge in [0.05, 0.1) is 18.4 Å². The van der Waals surface area contributed by atoms with E-state index in [0.29, 0.717) is 37.3 Å². The van der Waals surface area contributed by atoms with E-state index in [1.54, 1.807) is 42.7 Å². The molecule has 0 bridgehead atoms. The van der Waals surface area contributed by atoms with Crippen molar-refractivity contribution < 1.29 is 28.6 Å². The fourth-order valence-corrected chi connectivity index (χ4v) is 4.86. The van der Waals surface area contributed by atoms with Crippen molar-refractivity contribution in [3.05, 3.63) is 71.8 Å². The molecule has 0 saturated heterocycles. The van der Waals surface area contributed by atoms with Crippen molar-refractivity contribution in [3.63, 3.8) is 0 Å². The van der Waals surface area contributed by atoms with Gasteiger partial charge in [-0.05, 0) is 67.5 Å². The summed E-state index contributed by atoms with van der Waals surface area (Å²) in [6, 6.07) is 14.2. The molecule has 2 aromatic rings. The Kier molecular flexibility index (Phi) is 20.0. The first kappa shape index (κ1) is 37.1. The molecule has 0 amide bonds. The molecular weight excluding hydrogens is 568 g/mol. The first-order chi connectivity index (χ1) is 22.0. The average Bonchev–Trinajstić information content (AvgIpc) is 3.04. The lowest BCUT2D eigenvalue weighted by molar-refractivity contribution is -0.143. The van der Waals surface area contributed by atoms with Gasteiger partial charge in [0.15, 0.2) is 5.78 Å². The predicted octanol–water partition coefficient (Wildman–Crippen LogP) is 8.44. The van der Waals surface area contributed by atoms with Gasteiger partial charge in [0.1, 0.15) is 12.4 Å². The zero-order valence-corrected chi connectivity index (χ0v) is 26.7. The van der Waals surface area contributed by atoms with Crippen LogP contribution in [0.2, 0.25) is 0 Å². The van der Waals surface area contributed by atoms with Crippen molar-refractivity contribution in [2.45, 2.75) is 109 Å². The van der Waals surface area contributed by atoms with Crippen molar-refractivity contribution in [2.24, 2.45) is 4.99 Å². The number of ether oxygens (including phenoxy) is 3. The molecule has 45 heavy (non-hydrogen) atoms. The summed E-state index contributed by atoms with van der Waals surface area (Å²) in [5.41, 5.74) is 2.45. The van der Waals surface area contributed by atoms with Crippen LogP contribution in [0.1, 0.15) is 102 Å². The summed E-state index contributed by atoms with van der Waals surface area (Å²) in [6.45, 7) is 2.64. The largest absolute Gasteiger partial charge is 0.465 e. The Labute approximate surface area is 268 Å². The number of ketones is 1. The molecule has 0 heterocycles. The van der Waals surface area contributed by atoms with E-state index in [0.717, 1.165) is 68.9 Å². The minimum absolute atomic E-state index is 0.0363. The normalized spacial score (nSPS) is 11.5. The Morgan fingerprint density at radius 1 is 0.889 bits per heavy atom. The van der Waals surface area contributed by atoms with Gasteiger partial charge in [-0.1, -0.05) is 88.3 Å². The van der Waals surface area contributed by atoms with Crippen LogP contribution >= 0.6 is 0 Å². The van der Waals surface area contributed by atoms with Crippen LogP contribution in [0.15, 0.2) is 65.7 Å². The van der Waals surface area contributed by atoms with E-state index >= 15 is 0 Å². The van der Waals surface area contributed by atoms with Gasteiger partial charge < -0.3 is 14.2 Å². The molecule has 0 unspecified atom stereocenters. The van der Waals surface area contributed by atoms with Crippen LogP contribution in [0.3, 0.4) is 0 Å². The van der Waals surface area contributed by atoms with Crippen molar-refractivity contribution in [1.29, 1.82) is 5.26 Å². The maximum absolute atomic E-state index is 12.5. The molecule has 0 N–H and O–H groups in total. The lowest BCUT2D eigenvalue weighted by atomic mass is 10.1. The van der Waals surface area contributed by atoms with Gasteiger partial charge >= 0.3 is 5.97 Å². The fourth-order valence-electron chi connectivity index (χ4n) is 4.86. The fraction of sp³-hybridized carbons (Fsp3) is 0.514. The molecule has 0 aliphatic heterocycles. The number of isocyanates is 1. The smallest absolute Gasteiger partial charge is 0.305 e. The van der Waals surface area contributed by atoms with Gasteiger partial charge in [0.2, 0.25) is 6.08 Å². The number of aliphatic imine (C=N–C) groups is 1. The number of unbranched alkanes of at least 4 members (excludes halogenated alkanes) is 8. The maximum atomic E-state index is 12.5. The second-order valence-electron chi connectivity index (χ2n) is 11.2. The van der Waals surface area contributed by atoms with Crippen molar-refractivity contribution >= 4 is 23.5 Å². The van der Waals surface area contributed by atoms with Crippen LogP contribution in [0.5, 0.6) is 5.75 Å². The van der Waals surface area contributed by atoms with Crippen LogP contribution < -0.4 is 4.74 Å². The van der Waals surface area contributed by atoms with E-state index in [2.05, 4.69) is 24.1 Å². The third-order valence-electron chi connectivity index (χ3n) is 7.43. The van der Waals surface area contributed by atoms with Gasteiger partial charge in [-0.2, -0.15) is 4.99 Å². The van der Waals surface area contributed by atoms with Gasteiger partial charge in [-0.3, -0.25) is 9.59 Å². The maximum Gasteiger partial charge on any atom is 0.305 e. The Morgan fingerprint density at radius 2 is 1.60 bits per heavy atom. The molecule has 242 valence electrons. The highest BCUT2D eigenvalue weighted by atomic mass is 16.5. The molecule has 8 heteroatoms. The predicted molar refractivity (Wildman–Crippen MR) is 175 cm³/mol. The highest BCUT2D eigenvalue weighted by Crippen LogP contribution is 2.16. The number of rotatable bonds is 25. The average molecular weight is 617 g/mol. The van der Waals surface area contributed by atoms with E-state index in [-0.39, 0.29) is 24.5 Å². The number of carbonyl (C=O) groups excluding carboxylic acids is 3. The summed E-state index contributed by atoms with van der Waals surface area (Å²) in [5, 5.41) is 8.60. The number of nitriles is 1. The van der Waals surface area contributed by atoms with E-state index in [9.17, 15) is 14.4 Å². The lowest BCUT2D eigenvalue weighted by Crippen LogP contribution is -2.19. The summed E-state index contributed by atoms with van der Waals surface area (Å²) < 4.78 is 16.2. The highest BCUT2D eigenvalue weighted by molar-refractivity contribution is 5.82. The Hall–Kier alpha value is -4.05. The minimum atomic E-state index is -0.158. The number of hydrogen-bond donors (Lipinski definition) is 0. The molecule has 0 spiro atoms. The standard InChI is InChI=1S/C37H48N2O6/c1-2-3-4-11-14-35(44-28-34(41)27-32-19-23-36(24-20-32)45-29-38)15-12-9-7-5-6-8-10-13-16-37(42)43-26-25-31-17-21-33(22-18-31)39-30-40/h9,12,17-24,35H,2-8,10-11,13-16,25-28H2,1H3/b12-9-/t35-/m1/s1. The molecule has 2 rings (SSSR count). The molecule has 1 atom stereocenters. The summed E-state index contributed by atoms with van der Waals surface area (Å²) in [6.07, 6.45) is 21.6. The SMILES string of the molecule is CCCCCC[C@H](C/C=C\CCCCCCCC(=O)OCCc1ccc(N=C=O)cc1)OCC(=O)Cc1ccc(OC#N)cc1. The Morgan fingerprint density at radius 3 is 2.33 bits per heavy atom. The zero-order valence-electron chi connectivity index (χ0n) is 26.7. The van der Waals surface area contributed by atoms with Crippen molar-refractivity contribution in [2.75, 3.05) is 13.2 Å². The lowest BCUT2D eigenvalue weighted by Gasteiger charge is -2.16. The van der Waals surface area contributed by atoms with Gasteiger partial charge in [-0.15, -0.1) is 5.26 Å². The monoisotopic (exact) mass is 616 g/mol. The molecule has 2 aromatic carbocycles. The zero-order chi connectivity index (χ0) is 32.4. The van der Waals surface area contributed by atoms with Crippen LogP contribution in [-0.2, 0) is 36.7 Å². The number of esters is 1. The number of Topliss-reactive ketones (excluding diaryl/α,β-unsaturated/α-hetero) is 1. The number of nitrogens with zero attached hydrogens (tertiary/aromatic N) is 2. The van der Waals surface area contributed by atoms with Crippen LogP contribution in [0, 0.1) is 11.5 Å². The topological polar surface area (TPSA) is 115 Å². The van der Waals surface area contributed by atoms with Crippen LogP contribution in [-0.4, -0.2) is 37.2 Å². The van der Waals surface area contributed by atoms with Gasteiger partial charge in [0.25, 0.3) is 6.26 Å². The Bertz CT molecular complexity index is 1230. The quantitative estimate of drug-likeness (QED) is 0.0274. The third kappa shape index (κ3) is 18.4. The first-order valence-electron chi connectivity index (χ1n) is 16.3. The summed E-state index contributed by atoms with van der Waals surface area (Å²) in [4.78, 5) is 38.4. The van der Waals surface area contributed by atoms with Crippen molar-refractivity contribution in [1.82, 2.24) is 0 Å². The molecule has 0 radical (unpaired) electrons. The van der Waals surface area contributed by atoms with E-state index in [4.69, 9.17) is 19.5 Å². The molecule has 0 aliphatic carbocycles. The molecule has 0 fully saturated rings. The second-order valence-corrected chi connectivity index (χ2v) is 11.2. The Balaban J connectivity index is 1.55. The van der Waals surface area contributed by atoms with Crippen LogP contribution in [0.25, 0.3) is 0 Å². The molecular formula is C37H48N2O6. The summed E-state index contributed by atoms with van der Waals surface area (Å²) in [5.74, 6) is 0.339. The summed E-state index contributed by atoms with van der Waals surface area (Å²) in [7, 11) is 0. The van der Waals surface area contributed by atoms with Gasteiger partial charge in [0, 0.05) is 19.3 Å². The summed E-state index contributed by atoms with van der Waals surface area (Å²) >= 11 is 0.